The zero-order chi connectivity index (χ0) is 15.8. The number of hydrogen-bond donors (Lipinski definition) is 0. The van der Waals surface area contributed by atoms with Gasteiger partial charge in [0.1, 0.15) is 21.2 Å². The lowest BCUT2D eigenvalue weighted by Gasteiger charge is -2.10. The van der Waals surface area contributed by atoms with E-state index in [9.17, 15) is 8.42 Å². The summed E-state index contributed by atoms with van der Waals surface area (Å²) in [6.45, 7) is 4.47. The molecule has 2 rings (SSSR count). The lowest BCUT2D eigenvalue weighted by molar-refractivity contribution is 0.586. The van der Waals surface area contributed by atoms with Crippen molar-refractivity contribution in [2.24, 2.45) is 7.05 Å². The largest absolute Gasteiger partial charge is 0.312 e. The first-order valence-electron chi connectivity index (χ1n) is 6.98. The molecule has 1 unspecified atom stereocenters. The van der Waals surface area contributed by atoms with Gasteiger partial charge in [0.15, 0.2) is 5.65 Å². The van der Waals surface area contributed by atoms with E-state index in [1.807, 2.05) is 25.5 Å². The summed E-state index contributed by atoms with van der Waals surface area (Å²) in [6.07, 6.45) is 2.59. The van der Waals surface area contributed by atoms with E-state index in [1.165, 1.54) is 6.26 Å². The van der Waals surface area contributed by atoms with Crippen molar-refractivity contribution < 1.29 is 8.42 Å². The zero-order valence-corrected chi connectivity index (χ0v) is 14.4. The summed E-state index contributed by atoms with van der Waals surface area (Å²) in [4.78, 5) is 4.62. The molecular weight excluding hydrogens is 312 g/mol. The average Bonchev–Trinajstić information content (AvgIpc) is 2.87. The molecule has 0 aliphatic rings. The van der Waals surface area contributed by atoms with Gasteiger partial charge in [0, 0.05) is 19.8 Å². The lowest BCUT2D eigenvalue weighted by Crippen LogP contribution is -2.12. The van der Waals surface area contributed by atoms with E-state index < -0.39 is 9.84 Å². The number of nitrogens with zero attached hydrogens (tertiary/aromatic N) is 4. The molecule has 6 nitrogen and oxygen atoms in total. The van der Waals surface area contributed by atoms with E-state index in [0.29, 0.717) is 13.0 Å². The van der Waals surface area contributed by atoms with E-state index in [-0.39, 0.29) is 11.1 Å². The molecule has 0 fully saturated rings. The van der Waals surface area contributed by atoms with Gasteiger partial charge in [0.25, 0.3) is 0 Å². The van der Waals surface area contributed by atoms with Gasteiger partial charge in [-0.05, 0) is 19.8 Å². The Labute approximate surface area is 130 Å². The fourth-order valence-corrected chi connectivity index (χ4v) is 3.33. The van der Waals surface area contributed by atoms with Crippen molar-refractivity contribution in [3.05, 3.63) is 11.5 Å². The van der Waals surface area contributed by atoms with Crippen molar-refractivity contribution in [3.8, 4) is 0 Å². The van der Waals surface area contributed by atoms with Crippen molar-refractivity contribution in [1.29, 1.82) is 0 Å². The topological polar surface area (TPSA) is 69.8 Å². The molecule has 0 aliphatic carbocycles. The van der Waals surface area contributed by atoms with Crippen molar-refractivity contribution >= 4 is 32.6 Å². The number of rotatable bonds is 6. The molecule has 8 heteroatoms. The van der Waals surface area contributed by atoms with Crippen molar-refractivity contribution in [2.75, 3.05) is 12.0 Å². The summed E-state index contributed by atoms with van der Waals surface area (Å²) in [5.74, 6) is 0.921. The van der Waals surface area contributed by atoms with E-state index in [1.54, 1.807) is 4.68 Å². The van der Waals surface area contributed by atoms with Gasteiger partial charge in [-0.3, -0.25) is 4.68 Å². The highest BCUT2D eigenvalue weighted by molar-refractivity contribution is 7.90. The minimum atomic E-state index is -2.96. The van der Waals surface area contributed by atoms with Crippen LogP contribution in [0.15, 0.2) is 0 Å². The number of alkyl halides is 1. The number of fused-ring (bicyclic) bond motifs is 1. The molecule has 0 amide bonds. The Morgan fingerprint density at radius 1 is 1.38 bits per heavy atom. The zero-order valence-electron chi connectivity index (χ0n) is 12.8. The maximum absolute atomic E-state index is 11.3. The van der Waals surface area contributed by atoms with E-state index in [2.05, 4.69) is 10.1 Å². The molecule has 2 aromatic rings. The third kappa shape index (κ3) is 3.40. The maximum Gasteiger partial charge on any atom is 0.158 e. The fourth-order valence-electron chi connectivity index (χ4n) is 2.51. The first-order valence-corrected chi connectivity index (χ1v) is 9.48. The molecule has 2 aromatic heterocycles. The highest BCUT2D eigenvalue weighted by atomic mass is 35.5. The minimum Gasteiger partial charge on any atom is -0.312 e. The molecule has 0 N–H and O–H groups in total. The maximum atomic E-state index is 11.3. The van der Waals surface area contributed by atoms with Gasteiger partial charge in [-0.15, -0.1) is 11.6 Å². The second-order valence-electron chi connectivity index (χ2n) is 5.32. The Hall–Kier alpha value is -1.08. The number of aromatic nitrogens is 4. The van der Waals surface area contributed by atoms with Crippen LogP contribution < -0.4 is 0 Å². The minimum absolute atomic E-state index is 0.154. The number of sulfone groups is 1. The predicted molar refractivity (Wildman–Crippen MR) is 84.5 cm³/mol. The second-order valence-corrected chi connectivity index (χ2v) is 8.23. The van der Waals surface area contributed by atoms with Crippen LogP contribution in [0.5, 0.6) is 0 Å². The molecule has 0 spiro atoms. The lowest BCUT2D eigenvalue weighted by atomic mass is 10.3. The van der Waals surface area contributed by atoms with Crippen molar-refractivity contribution in [3.63, 3.8) is 0 Å². The molecule has 118 valence electrons. The standard InChI is InChI=1S/C13H21ClN4O2S/c1-5-10-11-13(17(3)16-10)18(12(15-11)9(2)14)7-6-8-21(4,19)20/h9H,5-8H2,1-4H3. The normalized spacial score (nSPS) is 14.0. The van der Waals surface area contributed by atoms with Gasteiger partial charge in [-0.1, -0.05) is 6.92 Å². The molecule has 21 heavy (non-hydrogen) atoms. The van der Waals surface area contributed by atoms with Crippen LogP contribution in [-0.4, -0.2) is 39.8 Å². The quantitative estimate of drug-likeness (QED) is 0.759. The predicted octanol–water partition coefficient (Wildman–Crippen LogP) is 2.07. The molecule has 0 saturated carbocycles. The summed E-state index contributed by atoms with van der Waals surface area (Å²) >= 11 is 6.22. The van der Waals surface area contributed by atoms with Crippen LogP contribution in [0.3, 0.4) is 0 Å². The number of aryl methyl sites for hydroxylation is 3. The van der Waals surface area contributed by atoms with Crippen LogP contribution in [0.2, 0.25) is 0 Å². The number of hydrogen-bond acceptors (Lipinski definition) is 4. The first kappa shape index (κ1) is 16.3. The van der Waals surface area contributed by atoms with Gasteiger partial charge in [-0.25, -0.2) is 13.4 Å². The van der Waals surface area contributed by atoms with Crippen LogP contribution in [-0.2, 0) is 29.9 Å². The van der Waals surface area contributed by atoms with E-state index in [4.69, 9.17) is 11.6 Å². The third-order valence-corrected chi connectivity index (χ3v) is 4.63. The molecule has 2 heterocycles. The molecule has 0 radical (unpaired) electrons. The summed E-state index contributed by atoms with van der Waals surface area (Å²) in [7, 11) is -1.09. The molecule has 0 bridgehead atoms. The fraction of sp³-hybridized carbons (Fsp3) is 0.692. The van der Waals surface area contributed by atoms with Crippen molar-refractivity contribution in [2.45, 2.75) is 38.6 Å². The first-order chi connectivity index (χ1) is 9.74. The second kappa shape index (κ2) is 5.96. The third-order valence-electron chi connectivity index (χ3n) is 3.41. The Morgan fingerprint density at radius 3 is 2.57 bits per heavy atom. The highest BCUT2D eigenvalue weighted by Crippen LogP contribution is 2.26. The number of imidazole rings is 1. The molecule has 0 aromatic carbocycles. The SMILES string of the molecule is CCc1nn(C)c2c1nc(C(C)Cl)n2CCCS(C)(=O)=O. The summed E-state index contributed by atoms with van der Waals surface area (Å²) in [5, 5.41) is 4.22. The monoisotopic (exact) mass is 332 g/mol. The van der Waals surface area contributed by atoms with E-state index in [0.717, 1.165) is 29.1 Å². The Kier molecular flexibility index (Phi) is 4.63. The van der Waals surface area contributed by atoms with Crippen LogP contribution in [0.1, 0.15) is 37.2 Å². The Morgan fingerprint density at radius 2 is 2.05 bits per heavy atom. The van der Waals surface area contributed by atoms with Gasteiger partial charge < -0.3 is 4.57 Å². The van der Waals surface area contributed by atoms with Gasteiger partial charge in [0.05, 0.1) is 16.8 Å². The highest BCUT2D eigenvalue weighted by Gasteiger charge is 2.21. The smallest absolute Gasteiger partial charge is 0.158 e. The molecule has 0 aliphatic heterocycles. The van der Waals surface area contributed by atoms with Crippen LogP contribution in [0.25, 0.3) is 11.2 Å². The van der Waals surface area contributed by atoms with E-state index >= 15 is 0 Å². The van der Waals surface area contributed by atoms with Crippen molar-refractivity contribution in [1.82, 2.24) is 19.3 Å². The van der Waals surface area contributed by atoms with Crippen LogP contribution in [0, 0.1) is 0 Å². The summed E-state index contributed by atoms with van der Waals surface area (Å²) < 4.78 is 26.4. The molecule has 1 atom stereocenters. The Balaban J connectivity index is 2.43. The van der Waals surface area contributed by atoms with Gasteiger partial charge >= 0.3 is 0 Å². The molecular formula is C13H21ClN4O2S. The summed E-state index contributed by atoms with van der Waals surface area (Å²) in [5.41, 5.74) is 2.71. The Bertz CT molecular complexity index is 746. The van der Waals surface area contributed by atoms with Crippen LogP contribution in [0.4, 0.5) is 0 Å². The average molecular weight is 333 g/mol. The number of halogens is 1. The summed E-state index contributed by atoms with van der Waals surface area (Å²) in [6, 6.07) is 0. The van der Waals surface area contributed by atoms with Gasteiger partial charge in [-0.2, -0.15) is 5.10 Å². The van der Waals surface area contributed by atoms with Gasteiger partial charge in [0.2, 0.25) is 0 Å². The van der Waals surface area contributed by atoms with Crippen LogP contribution >= 0.6 is 11.6 Å². The molecule has 0 saturated heterocycles.